The van der Waals surface area contributed by atoms with Gasteiger partial charge in [-0.15, -0.1) is 0 Å². The van der Waals surface area contributed by atoms with E-state index in [1.54, 1.807) is 0 Å². The highest BCUT2D eigenvalue weighted by Gasteiger charge is 2.13. The minimum Gasteiger partial charge on any atom is -0.490 e. The summed E-state index contributed by atoms with van der Waals surface area (Å²) in [5.41, 5.74) is 7.36. The van der Waals surface area contributed by atoms with E-state index in [1.165, 1.54) is 19.3 Å². The summed E-state index contributed by atoms with van der Waals surface area (Å²) in [5, 5.41) is 0. The van der Waals surface area contributed by atoms with Crippen molar-refractivity contribution in [3.05, 3.63) is 23.8 Å². The van der Waals surface area contributed by atoms with Gasteiger partial charge in [0.15, 0.2) is 11.5 Å². The molecular weight excluding hydrogens is 226 g/mol. The van der Waals surface area contributed by atoms with Gasteiger partial charge in [0.05, 0.1) is 13.2 Å². The quantitative estimate of drug-likeness (QED) is 0.813. The van der Waals surface area contributed by atoms with E-state index in [2.05, 4.69) is 13.0 Å². The van der Waals surface area contributed by atoms with Gasteiger partial charge < -0.3 is 15.2 Å². The predicted octanol–water partition coefficient (Wildman–Crippen LogP) is 3.43. The molecule has 0 spiro atoms. The third kappa shape index (κ3) is 3.39. The maximum absolute atomic E-state index is 6.21. The van der Waals surface area contributed by atoms with Crippen molar-refractivity contribution in [1.29, 1.82) is 0 Å². The van der Waals surface area contributed by atoms with Gasteiger partial charge in [-0.05, 0) is 24.1 Å². The first-order valence-corrected chi connectivity index (χ1v) is 6.96. The maximum atomic E-state index is 6.21. The molecule has 1 atom stereocenters. The summed E-state index contributed by atoms with van der Waals surface area (Å²) in [7, 11) is 0. The number of fused-ring (bicyclic) bond motifs is 1. The van der Waals surface area contributed by atoms with E-state index in [1.807, 2.05) is 12.1 Å². The van der Waals surface area contributed by atoms with Crippen LogP contribution < -0.4 is 15.2 Å². The molecule has 0 saturated carbocycles. The standard InChI is InChI=1S/C15H23NO2/c1-2-3-4-6-13(16)12-7-8-14-15(11-12)18-10-5-9-17-14/h7-8,11,13H,2-6,9-10,16H2,1H3. The number of unbranched alkanes of at least 4 members (excludes halogenated alkanes) is 2. The molecule has 0 radical (unpaired) electrons. The molecule has 1 unspecified atom stereocenters. The summed E-state index contributed by atoms with van der Waals surface area (Å²) in [6.07, 6.45) is 5.64. The van der Waals surface area contributed by atoms with E-state index in [9.17, 15) is 0 Å². The summed E-state index contributed by atoms with van der Waals surface area (Å²) in [6, 6.07) is 6.19. The average molecular weight is 249 g/mol. The van der Waals surface area contributed by atoms with Crippen molar-refractivity contribution >= 4 is 0 Å². The van der Waals surface area contributed by atoms with Gasteiger partial charge in [0, 0.05) is 12.5 Å². The van der Waals surface area contributed by atoms with Gasteiger partial charge in [0.25, 0.3) is 0 Å². The van der Waals surface area contributed by atoms with E-state index in [-0.39, 0.29) is 6.04 Å². The molecule has 1 aliphatic heterocycles. The predicted molar refractivity (Wildman–Crippen MR) is 73.1 cm³/mol. The molecule has 1 aromatic rings. The molecule has 2 rings (SSSR count). The van der Waals surface area contributed by atoms with Crippen molar-refractivity contribution in [1.82, 2.24) is 0 Å². The smallest absolute Gasteiger partial charge is 0.161 e. The number of rotatable bonds is 5. The monoisotopic (exact) mass is 249 g/mol. The Morgan fingerprint density at radius 2 is 1.94 bits per heavy atom. The van der Waals surface area contributed by atoms with Crippen molar-refractivity contribution < 1.29 is 9.47 Å². The highest BCUT2D eigenvalue weighted by Crippen LogP contribution is 2.32. The molecule has 3 heteroatoms. The van der Waals surface area contributed by atoms with Gasteiger partial charge >= 0.3 is 0 Å². The fourth-order valence-electron chi connectivity index (χ4n) is 2.19. The highest BCUT2D eigenvalue weighted by atomic mass is 16.5. The van der Waals surface area contributed by atoms with Gasteiger partial charge in [-0.2, -0.15) is 0 Å². The molecule has 18 heavy (non-hydrogen) atoms. The number of benzene rings is 1. The normalized spacial score (nSPS) is 16.1. The van der Waals surface area contributed by atoms with E-state index in [0.29, 0.717) is 0 Å². The Balaban J connectivity index is 2.02. The van der Waals surface area contributed by atoms with Crippen LogP contribution in [0.1, 0.15) is 50.6 Å². The Hall–Kier alpha value is -1.22. The van der Waals surface area contributed by atoms with Crippen LogP contribution in [-0.4, -0.2) is 13.2 Å². The molecular formula is C15H23NO2. The van der Waals surface area contributed by atoms with Crippen LogP contribution in [0.5, 0.6) is 11.5 Å². The molecule has 3 nitrogen and oxygen atoms in total. The second-order valence-corrected chi connectivity index (χ2v) is 4.86. The zero-order valence-electron chi connectivity index (χ0n) is 11.2. The number of hydrogen-bond acceptors (Lipinski definition) is 3. The van der Waals surface area contributed by atoms with E-state index >= 15 is 0 Å². The molecule has 100 valence electrons. The first-order chi connectivity index (χ1) is 8.81. The van der Waals surface area contributed by atoms with Crippen LogP contribution >= 0.6 is 0 Å². The van der Waals surface area contributed by atoms with Crippen LogP contribution in [0.15, 0.2) is 18.2 Å². The van der Waals surface area contributed by atoms with E-state index in [0.717, 1.165) is 43.1 Å². The van der Waals surface area contributed by atoms with Crippen LogP contribution in [0.25, 0.3) is 0 Å². The summed E-state index contributed by atoms with van der Waals surface area (Å²) < 4.78 is 11.3. The van der Waals surface area contributed by atoms with Crippen LogP contribution in [0, 0.1) is 0 Å². The minimum absolute atomic E-state index is 0.105. The van der Waals surface area contributed by atoms with Crippen molar-refractivity contribution in [3.63, 3.8) is 0 Å². The number of ether oxygens (including phenoxy) is 2. The van der Waals surface area contributed by atoms with Gasteiger partial charge in [-0.25, -0.2) is 0 Å². The summed E-state index contributed by atoms with van der Waals surface area (Å²) >= 11 is 0. The van der Waals surface area contributed by atoms with E-state index in [4.69, 9.17) is 15.2 Å². The van der Waals surface area contributed by atoms with Gasteiger partial charge in [-0.1, -0.05) is 32.3 Å². The van der Waals surface area contributed by atoms with Crippen molar-refractivity contribution in [2.45, 2.75) is 45.1 Å². The zero-order valence-corrected chi connectivity index (χ0v) is 11.2. The molecule has 0 aromatic heterocycles. The third-order valence-corrected chi connectivity index (χ3v) is 3.32. The number of nitrogens with two attached hydrogens (primary N) is 1. The first kappa shape index (κ1) is 13.2. The van der Waals surface area contributed by atoms with Crippen molar-refractivity contribution in [2.24, 2.45) is 5.73 Å². The molecule has 1 aliphatic rings. The Bertz CT molecular complexity index is 379. The lowest BCUT2D eigenvalue weighted by Crippen LogP contribution is -2.10. The summed E-state index contributed by atoms with van der Waals surface area (Å²) in [4.78, 5) is 0. The van der Waals surface area contributed by atoms with E-state index < -0.39 is 0 Å². The van der Waals surface area contributed by atoms with Gasteiger partial charge in [0.1, 0.15) is 0 Å². The van der Waals surface area contributed by atoms with Crippen molar-refractivity contribution in [2.75, 3.05) is 13.2 Å². The fourth-order valence-corrected chi connectivity index (χ4v) is 2.19. The molecule has 2 N–H and O–H groups in total. The largest absolute Gasteiger partial charge is 0.490 e. The van der Waals surface area contributed by atoms with Crippen LogP contribution in [0.4, 0.5) is 0 Å². The molecule has 0 amide bonds. The Morgan fingerprint density at radius 1 is 1.17 bits per heavy atom. The van der Waals surface area contributed by atoms with Crippen molar-refractivity contribution in [3.8, 4) is 11.5 Å². The Morgan fingerprint density at radius 3 is 2.72 bits per heavy atom. The van der Waals surface area contributed by atoms with Crippen LogP contribution in [-0.2, 0) is 0 Å². The van der Waals surface area contributed by atoms with Crippen LogP contribution in [0.3, 0.4) is 0 Å². The lowest BCUT2D eigenvalue weighted by molar-refractivity contribution is 0.297. The molecule has 0 saturated heterocycles. The second kappa shape index (κ2) is 6.64. The van der Waals surface area contributed by atoms with Crippen LogP contribution in [0.2, 0.25) is 0 Å². The first-order valence-electron chi connectivity index (χ1n) is 6.96. The van der Waals surface area contributed by atoms with Gasteiger partial charge in [-0.3, -0.25) is 0 Å². The lowest BCUT2D eigenvalue weighted by atomic mass is 10.0. The summed E-state index contributed by atoms with van der Waals surface area (Å²) in [5.74, 6) is 1.69. The molecule has 0 fully saturated rings. The molecule has 1 heterocycles. The Labute approximate surface area is 109 Å². The lowest BCUT2D eigenvalue weighted by Gasteiger charge is -2.14. The minimum atomic E-state index is 0.105. The Kier molecular flexibility index (Phi) is 4.88. The second-order valence-electron chi connectivity index (χ2n) is 4.86. The highest BCUT2D eigenvalue weighted by molar-refractivity contribution is 5.44. The van der Waals surface area contributed by atoms with Gasteiger partial charge in [0.2, 0.25) is 0 Å². The maximum Gasteiger partial charge on any atom is 0.161 e. The molecule has 0 aliphatic carbocycles. The fraction of sp³-hybridized carbons (Fsp3) is 0.600. The third-order valence-electron chi connectivity index (χ3n) is 3.32. The topological polar surface area (TPSA) is 44.5 Å². The SMILES string of the molecule is CCCCCC(N)c1ccc2c(c1)OCCCO2. The molecule has 1 aromatic carbocycles. The molecule has 0 bridgehead atoms. The number of hydrogen-bond donors (Lipinski definition) is 1. The average Bonchev–Trinajstić information content (AvgIpc) is 2.63. The zero-order chi connectivity index (χ0) is 12.8. The summed E-state index contributed by atoms with van der Waals surface area (Å²) in [6.45, 7) is 3.66.